The summed E-state index contributed by atoms with van der Waals surface area (Å²) in [6.07, 6.45) is 2.12. The van der Waals surface area contributed by atoms with Gasteiger partial charge in [-0.1, -0.05) is 13.0 Å². The van der Waals surface area contributed by atoms with Gasteiger partial charge in [-0.15, -0.1) is 0 Å². The highest BCUT2D eigenvalue weighted by molar-refractivity contribution is 5.90. The largest absolute Gasteiger partial charge is 0.496 e. The van der Waals surface area contributed by atoms with Gasteiger partial charge in [-0.2, -0.15) is 0 Å². The number of ether oxygens (including phenoxy) is 1. The van der Waals surface area contributed by atoms with E-state index in [1.54, 1.807) is 7.11 Å². The molecule has 1 N–H and O–H groups in total. The van der Waals surface area contributed by atoms with Crippen molar-refractivity contribution in [1.29, 1.82) is 0 Å². The molecule has 1 atom stereocenters. The molecular formula is C14H19NO2. The molecule has 0 aliphatic heterocycles. The number of methoxy groups -OCH3 is 1. The Morgan fingerprint density at radius 3 is 2.76 bits per heavy atom. The summed E-state index contributed by atoms with van der Waals surface area (Å²) >= 11 is 0. The quantitative estimate of drug-likeness (QED) is 0.881. The summed E-state index contributed by atoms with van der Waals surface area (Å²) in [6, 6.07) is 6.06. The van der Waals surface area contributed by atoms with Crippen LogP contribution in [-0.2, 0) is 6.54 Å². The monoisotopic (exact) mass is 233 g/mol. The van der Waals surface area contributed by atoms with Gasteiger partial charge >= 0.3 is 0 Å². The molecule has 0 saturated heterocycles. The molecule has 17 heavy (non-hydrogen) atoms. The maximum Gasteiger partial charge on any atom is 0.128 e. The summed E-state index contributed by atoms with van der Waals surface area (Å²) in [7, 11) is 1.69. The highest BCUT2D eigenvalue weighted by Gasteiger charge is 2.16. The van der Waals surface area contributed by atoms with E-state index in [0.717, 1.165) is 23.2 Å². The zero-order valence-corrected chi connectivity index (χ0v) is 10.6. The van der Waals surface area contributed by atoms with Crippen molar-refractivity contribution in [1.82, 2.24) is 4.57 Å². The lowest BCUT2D eigenvalue weighted by Gasteiger charge is -2.08. The predicted molar refractivity (Wildman–Crippen MR) is 69.7 cm³/mol. The summed E-state index contributed by atoms with van der Waals surface area (Å²) in [5.41, 5.74) is 2.32. The van der Waals surface area contributed by atoms with Gasteiger partial charge in [0.2, 0.25) is 0 Å². The van der Waals surface area contributed by atoms with Crippen LogP contribution < -0.4 is 4.74 Å². The van der Waals surface area contributed by atoms with E-state index in [-0.39, 0.29) is 12.5 Å². The number of benzene rings is 1. The van der Waals surface area contributed by atoms with Gasteiger partial charge in [0, 0.05) is 30.7 Å². The van der Waals surface area contributed by atoms with E-state index in [4.69, 9.17) is 4.74 Å². The second-order valence-corrected chi connectivity index (χ2v) is 4.31. The normalized spacial score (nSPS) is 12.9. The number of fused-ring (bicyclic) bond motifs is 1. The third kappa shape index (κ3) is 1.91. The molecule has 0 spiro atoms. The Labute approximate surface area is 102 Å². The molecule has 0 saturated carbocycles. The first-order valence-electron chi connectivity index (χ1n) is 5.99. The van der Waals surface area contributed by atoms with E-state index in [1.165, 1.54) is 5.52 Å². The van der Waals surface area contributed by atoms with E-state index in [1.807, 2.05) is 19.1 Å². The number of hydrogen-bond acceptors (Lipinski definition) is 2. The average molecular weight is 233 g/mol. The van der Waals surface area contributed by atoms with E-state index in [2.05, 4.69) is 23.8 Å². The van der Waals surface area contributed by atoms with Crippen molar-refractivity contribution in [2.75, 3.05) is 13.7 Å². The molecule has 0 radical (unpaired) electrons. The van der Waals surface area contributed by atoms with Gasteiger partial charge in [0.15, 0.2) is 0 Å². The van der Waals surface area contributed by atoms with Crippen LogP contribution in [-0.4, -0.2) is 23.4 Å². The molecule has 1 heterocycles. The first-order valence-corrected chi connectivity index (χ1v) is 5.99. The maximum absolute atomic E-state index is 9.34. The minimum Gasteiger partial charge on any atom is -0.496 e. The summed E-state index contributed by atoms with van der Waals surface area (Å²) in [5, 5.41) is 10.5. The highest BCUT2D eigenvalue weighted by Crippen LogP contribution is 2.34. The van der Waals surface area contributed by atoms with Crippen LogP contribution in [0.2, 0.25) is 0 Å². The Hall–Kier alpha value is -1.48. The number of hydrogen-bond donors (Lipinski definition) is 1. The van der Waals surface area contributed by atoms with Crippen LogP contribution in [0.4, 0.5) is 0 Å². The van der Waals surface area contributed by atoms with Gasteiger partial charge < -0.3 is 14.4 Å². The molecule has 1 aromatic carbocycles. The van der Waals surface area contributed by atoms with E-state index >= 15 is 0 Å². The summed E-state index contributed by atoms with van der Waals surface area (Å²) in [5.74, 6) is 1.01. The third-order valence-corrected chi connectivity index (χ3v) is 3.26. The Balaban J connectivity index is 2.74. The van der Waals surface area contributed by atoms with Gasteiger partial charge in [-0.25, -0.2) is 0 Å². The molecule has 2 rings (SSSR count). The lowest BCUT2D eigenvalue weighted by atomic mass is 10.0. The fourth-order valence-corrected chi connectivity index (χ4v) is 2.25. The van der Waals surface area contributed by atoms with Gasteiger partial charge in [-0.3, -0.25) is 0 Å². The molecule has 92 valence electrons. The van der Waals surface area contributed by atoms with Gasteiger partial charge in [0.05, 0.1) is 12.6 Å². The Bertz CT molecular complexity index is 516. The average Bonchev–Trinajstić information content (AvgIpc) is 2.76. The zero-order chi connectivity index (χ0) is 12.4. The third-order valence-electron chi connectivity index (χ3n) is 3.26. The highest BCUT2D eigenvalue weighted by atomic mass is 16.5. The molecule has 1 aromatic heterocycles. The molecule has 3 nitrogen and oxygen atoms in total. The van der Waals surface area contributed by atoms with Crippen LogP contribution in [0.3, 0.4) is 0 Å². The first-order chi connectivity index (χ1) is 8.22. The molecule has 3 heteroatoms. The fourth-order valence-electron chi connectivity index (χ4n) is 2.25. The van der Waals surface area contributed by atoms with E-state index in [0.29, 0.717) is 0 Å². The second kappa shape index (κ2) is 4.80. The molecule has 0 aliphatic rings. The molecule has 0 bridgehead atoms. The van der Waals surface area contributed by atoms with Crippen LogP contribution in [0.1, 0.15) is 25.3 Å². The molecular weight excluding hydrogens is 214 g/mol. The predicted octanol–water partition coefficient (Wildman–Crippen LogP) is 2.77. The Morgan fingerprint density at radius 1 is 1.41 bits per heavy atom. The Kier molecular flexibility index (Phi) is 3.38. The van der Waals surface area contributed by atoms with E-state index in [9.17, 15) is 5.11 Å². The van der Waals surface area contributed by atoms with Crippen LogP contribution in [0.15, 0.2) is 24.4 Å². The van der Waals surface area contributed by atoms with Crippen molar-refractivity contribution in [3.63, 3.8) is 0 Å². The number of aliphatic hydroxyl groups excluding tert-OH is 1. The number of aromatic nitrogens is 1. The summed E-state index contributed by atoms with van der Waals surface area (Å²) in [4.78, 5) is 0. The molecule has 0 fully saturated rings. The van der Waals surface area contributed by atoms with Crippen LogP contribution >= 0.6 is 0 Å². The topological polar surface area (TPSA) is 34.4 Å². The van der Waals surface area contributed by atoms with Crippen molar-refractivity contribution in [3.8, 4) is 5.75 Å². The van der Waals surface area contributed by atoms with Crippen LogP contribution in [0.5, 0.6) is 5.75 Å². The lowest BCUT2D eigenvalue weighted by molar-refractivity contribution is 0.273. The SMILES string of the molecule is CCn1cc(C(C)CO)c2c(OC)cccc21. The van der Waals surface area contributed by atoms with Gasteiger partial charge in [0.25, 0.3) is 0 Å². The summed E-state index contributed by atoms with van der Waals surface area (Å²) in [6.45, 7) is 5.22. The van der Waals surface area contributed by atoms with Crippen LogP contribution in [0.25, 0.3) is 10.9 Å². The number of aryl methyl sites for hydroxylation is 1. The van der Waals surface area contributed by atoms with Crippen molar-refractivity contribution in [2.24, 2.45) is 0 Å². The molecule has 0 amide bonds. The molecule has 0 aliphatic carbocycles. The molecule has 1 unspecified atom stereocenters. The van der Waals surface area contributed by atoms with Gasteiger partial charge in [-0.05, 0) is 24.6 Å². The van der Waals surface area contributed by atoms with E-state index < -0.39 is 0 Å². The zero-order valence-electron chi connectivity index (χ0n) is 10.6. The number of aliphatic hydroxyl groups is 1. The number of nitrogens with zero attached hydrogens (tertiary/aromatic N) is 1. The number of rotatable bonds is 4. The fraction of sp³-hybridized carbons (Fsp3) is 0.429. The van der Waals surface area contributed by atoms with Crippen molar-refractivity contribution in [3.05, 3.63) is 30.0 Å². The van der Waals surface area contributed by atoms with Crippen molar-refractivity contribution in [2.45, 2.75) is 26.3 Å². The summed E-state index contributed by atoms with van der Waals surface area (Å²) < 4.78 is 7.62. The standard InChI is InChI=1S/C14H19NO2/c1-4-15-8-11(10(2)9-16)14-12(15)6-5-7-13(14)17-3/h5-8,10,16H,4,9H2,1-3H3. The van der Waals surface area contributed by atoms with Crippen LogP contribution in [0, 0.1) is 0 Å². The maximum atomic E-state index is 9.34. The lowest BCUT2D eigenvalue weighted by Crippen LogP contribution is -1.98. The Morgan fingerprint density at radius 2 is 2.18 bits per heavy atom. The second-order valence-electron chi connectivity index (χ2n) is 4.31. The minimum absolute atomic E-state index is 0.126. The van der Waals surface area contributed by atoms with Gasteiger partial charge in [0.1, 0.15) is 5.75 Å². The smallest absolute Gasteiger partial charge is 0.128 e. The first kappa shape index (κ1) is 12.0. The molecule has 2 aromatic rings. The van der Waals surface area contributed by atoms with Crippen molar-refractivity contribution < 1.29 is 9.84 Å². The minimum atomic E-state index is 0.126. The van der Waals surface area contributed by atoms with Crippen molar-refractivity contribution >= 4 is 10.9 Å².